The molecule has 0 saturated carbocycles. The van der Waals surface area contributed by atoms with Crippen LogP contribution >= 0.6 is 23.4 Å². The maximum absolute atomic E-state index is 11.0. The molecule has 0 aliphatic heterocycles. The minimum Gasteiger partial charge on any atom is -0.461 e. The van der Waals surface area contributed by atoms with Crippen molar-refractivity contribution in [3.63, 3.8) is 0 Å². The Morgan fingerprint density at radius 2 is 2.00 bits per heavy atom. The number of halogens is 1. The number of benzene rings is 1. The molecule has 0 bridgehead atoms. The summed E-state index contributed by atoms with van der Waals surface area (Å²) in [6.07, 6.45) is 0.412. The largest absolute Gasteiger partial charge is 0.461 e. The Hall–Kier alpha value is -1.00. The number of carbonyl (C=O) groups is 2. The molecule has 0 aliphatic carbocycles. The first-order chi connectivity index (χ1) is 8.58. The number of rotatable bonds is 7. The predicted octanol–water partition coefficient (Wildman–Crippen LogP) is 2.66. The second-order valence-corrected chi connectivity index (χ2v) is 5.24. The quantitative estimate of drug-likeness (QED) is 0.571. The van der Waals surface area contributed by atoms with Gasteiger partial charge in [-0.2, -0.15) is 0 Å². The van der Waals surface area contributed by atoms with Crippen molar-refractivity contribution in [1.29, 1.82) is 0 Å². The first kappa shape index (κ1) is 15.1. The molecule has 3 nitrogen and oxygen atoms in total. The van der Waals surface area contributed by atoms with Gasteiger partial charge in [0.05, 0.1) is 5.75 Å². The zero-order valence-corrected chi connectivity index (χ0v) is 11.7. The molecule has 5 heteroatoms. The first-order valence-corrected chi connectivity index (χ1v) is 7.08. The lowest BCUT2D eigenvalue weighted by Gasteiger charge is -2.16. The summed E-state index contributed by atoms with van der Waals surface area (Å²) in [7, 11) is 0. The molecule has 1 aromatic carbocycles. The Kier molecular flexibility index (Phi) is 6.83. The number of thioether (sulfide) groups is 1. The highest BCUT2D eigenvalue weighted by atomic mass is 35.5. The van der Waals surface area contributed by atoms with Crippen molar-refractivity contribution in [2.75, 3.05) is 11.5 Å². The van der Waals surface area contributed by atoms with Crippen LogP contribution in [0.15, 0.2) is 30.3 Å². The minimum atomic E-state index is -0.388. The van der Waals surface area contributed by atoms with E-state index in [-0.39, 0.29) is 23.1 Å². The summed E-state index contributed by atoms with van der Waals surface area (Å²) >= 11 is 6.63. The zero-order valence-electron chi connectivity index (χ0n) is 10.1. The summed E-state index contributed by atoms with van der Waals surface area (Å²) in [6, 6.07) is 9.78. The van der Waals surface area contributed by atoms with Crippen molar-refractivity contribution in [2.24, 2.45) is 0 Å². The molecule has 0 aromatic heterocycles. The molecule has 0 heterocycles. The van der Waals surface area contributed by atoms with E-state index in [0.717, 1.165) is 5.56 Å². The molecule has 1 atom stereocenters. The van der Waals surface area contributed by atoms with Gasteiger partial charge in [0.1, 0.15) is 6.10 Å². The van der Waals surface area contributed by atoms with Gasteiger partial charge in [0, 0.05) is 19.1 Å². The number of ether oxygens (including phenoxy) is 1. The van der Waals surface area contributed by atoms with E-state index < -0.39 is 0 Å². The Morgan fingerprint density at radius 3 is 2.56 bits per heavy atom. The number of hydrogen-bond acceptors (Lipinski definition) is 4. The third-order valence-electron chi connectivity index (χ3n) is 2.16. The molecule has 0 spiro atoms. The average Bonchev–Trinajstić information content (AvgIpc) is 2.28. The fourth-order valence-electron chi connectivity index (χ4n) is 1.52. The van der Waals surface area contributed by atoms with Gasteiger partial charge in [-0.1, -0.05) is 30.3 Å². The minimum absolute atomic E-state index is 0.230. The topological polar surface area (TPSA) is 43.4 Å². The van der Waals surface area contributed by atoms with E-state index in [1.165, 1.54) is 18.7 Å². The molecule has 0 radical (unpaired) electrons. The molecule has 1 unspecified atom stereocenters. The van der Waals surface area contributed by atoms with Crippen LogP contribution in [0, 0.1) is 0 Å². The van der Waals surface area contributed by atoms with Crippen LogP contribution in [-0.4, -0.2) is 28.8 Å². The highest BCUT2D eigenvalue weighted by molar-refractivity contribution is 8.00. The number of carbonyl (C=O) groups excluding carboxylic acids is 2. The van der Waals surface area contributed by atoms with Crippen molar-refractivity contribution in [3.8, 4) is 0 Å². The molecule has 0 amide bonds. The van der Waals surface area contributed by atoms with Crippen LogP contribution in [0.5, 0.6) is 0 Å². The van der Waals surface area contributed by atoms with Gasteiger partial charge in [0.2, 0.25) is 5.24 Å². The van der Waals surface area contributed by atoms with E-state index in [0.29, 0.717) is 12.2 Å². The van der Waals surface area contributed by atoms with Gasteiger partial charge in [-0.15, -0.1) is 11.8 Å². The molecule has 0 saturated heterocycles. The fraction of sp³-hybridized carbons (Fsp3) is 0.385. The summed E-state index contributed by atoms with van der Waals surface area (Å²) in [6.45, 7) is 1.38. The van der Waals surface area contributed by atoms with E-state index in [4.69, 9.17) is 16.3 Å². The van der Waals surface area contributed by atoms with Gasteiger partial charge in [0.15, 0.2) is 0 Å². The third kappa shape index (κ3) is 6.67. The molecule has 18 heavy (non-hydrogen) atoms. The number of esters is 1. The Morgan fingerprint density at radius 1 is 1.33 bits per heavy atom. The third-order valence-corrected chi connectivity index (χ3v) is 3.52. The summed E-state index contributed by atoms with van der Waals surface area (Å²) in [5, 5.41) is -0.388. The van der Waals surface area contributed by atoms with Crippen LogP contribution in [-0.2, 0) is 20.7 Å². The predicted molar refractivity (Wildman–Crippen MR) is 73.9 cm³/mol. The van der Waals surface area contributed by atoms with E-state index in [2.05, 4.69) is 0 Å². The van der Waals surface area contributed by atoms with E-state index in [1.807, 2.05) is 30.3 Å². The summed E-state index contributed by atoms with van der Waals surface area (Å²) in [5.41, 5.74) is 1.10. The van der Waals surface area contributed by atoms with Crippen molar-refractivity contribution in [2.45, 2.75) is 19.4 Å². The van der Waals surface area contributed by atoms with Gasteiger partial charge >= 0.3 is 5.97 Å². The molecular formula is C13H15ClO3S. The molecule has 0 N–H and O–H groups in total. The highest BCUT2D eigenvalue weighted by Gasteiger charge is 2.13. The molecule has 1 rings (SSSR count). The molecule has 0 fully saturated rings. The van der Waals surface area contributed by atoms with Gasteiger partial charge in [0.25, 0.3) is 0 Å². The van der Waals surface area contributed by atoms with Crippen molar-refractivity contribution in [1.82, 2.24) is 0 Å². The lowest BCUT2D eigenvalue weighted by molar-refractivity contribution is -0.145. The second kappa shape index (κ2) is 8.16. The van der Waals surface area contributed by atoms with Crippen LogP contribution in [0.2, 0.25) is 0 Å². The monoisotopic (exact) mass is 286 g/mol. The average molecular weight is 287 g/mol. The van der Waals surface area contributed by atoms with Crippen LogP contribution in [0.4, 0.5) is 0 Å². The van der Waals surface area contributed by atoms with Crippen LogP contribution in [0.1, 0.15) is 12.5 Å². The number of hydrogen-bond donors (Lipinski definition) is 0. The highest BCUT2D eigenvalue weighted by Crippen LogP contribution is 2.13. The van der Waals surface area contributed by atoms with Gasteiger partial charge in [-0.3, -0.25) is 9.59 Å². The lowest BCUT2D eigenvalue weighted by Crippen LogP contribution is -2.22. The smallest absolute Gasteiger partial charge is 0.302 e. The van der Waals surface area contributed by atoms with Gasteiger partial charge in [-0.25, -0.2) is 0 Å². The molecule has 0 aliphatic rings. The summed E-state index contributed by atoms with van der Waals surface area (Å²) < 4.78 is 5.22. The zero-order chi connectivity index (χ0) is 13.4. The Bertz CT molecular complexity index is 394. The first-order valence-electron chi connectivity index (χ1n) is 5.55. The van der Waals surface area contributed by atoms with Crippen molar-refractivity contribution < 1.29 is 14.3 Å². The van der Waals surface area contributed by atoms with Crippen LogP contribution in [0.25, 0.3) is 0 Å². The van der Waals surface area contributed by atoms with Gasteiger partial charge < -0.3 is 4.74 Å². The normalized spacial score (nSPS) is 11.9. The van der Waals surface area contributed by atoms with Crippen molar-refractivity contribution in [3.05, 3.63) is 35.9 Å². The summed E-state index contributed by atoms with van der Waals surface area (Å²) in [4.78, 5) is 21.7. The maximum Gasteiger partial charge on any atom is 0.302 e. The maximum atomic E-state index is 11.0. The van der Waals surface area contributed by atoms with E-state index >= 15 is 0 Å². The fourth-order valence-corrected chi connectivity index (χ4v) is 2.48. The Labute approximate surface area is 116 Å². The van der Waals surface area contributed by atoms with Crippen molar-refractivity contribution >= 4 is 34.6 Å². The molecular weight excluding hydrogens is 272 g/mol. The second-order valence-electron chi connectivity index (χ2n) is 3.79. The standard InChI is InChI=1S/C13H15ClO3S/c1-10(15)17-12(8-18-9-13(14)16)7-11-5-3-2-4-6-11/h2-6,12H,7-9H2,1H3. The SMILES string of the molecule is CC(=O)OC(CSCC(=O)Cl)Cc1ccccc1. The van der Waals surface area contributed by atoms with Crippen LogP contribution < -0.4 is 0 Å². The van der Waals surface area contributed by atoms with E-state index in [9.17, 15) is 9.59 Å². The van der Waals surface area contributed by atoms with E-state index in [1.54, 1.807) is 0 Å². The molecule has 98 valence electrons. The summed E-state index contributed by atoms with van der Waals surface area (Å²) in [5.74, 6) is 0.481. The van der Waals surface area contributed by atoms with Crippen LogP contribution in [0.3, 0.4) is 0 Å². The van der Waals surface area contributed by atoms with Gasteiger partial charge in [-0.05, 0) is 17.2 Å². The molecule has 1 aromatic rings. The Balaban J connectivity index is 2.50. The lowest BCUT2D eigenvalue weighted by atomic mass is 10.1.